The van der Waals surface area contributed by atoms with Crippen molar-refractivity contribution in [2.24, 2.45) is 0 Å². The molecule has 0 spiro atoms. The van der Waals surface area contributed by atoms with Crippen LogP contribution in [0.15, 0.2) is 36.4 Å². The zero-order valence-electron chi connectivity index (χ0n) is 11.9. The first-order valence-corrected chi connectivity index (χ1v) is 7.07. The summed E-state index contributed by atoms with van der Waals surface area (Å²) in [5.74, 6) is 0.495. The van der Waals surface area contributed by atoms with Crippen molar-refractivity contribution in [1.29, 1.82) is 0 Å². The van der Waals surface area contributed by atoms with E-state index in [1.54, 1.807) is 12.1 Å². The number of benzene rings is 2. The summed E-state index contributed by atoms with van der Waals surface area (Å²) in [6.45, 7) is 4.30. The van der Waals surface area contributed by atoms with Gasteiger partial charge in [-0.15, -0.1) is 11.6 Å². The van der Waals surface area contributed by atoms with Gasteiger partial charge < -0.3 is 4.74 Å². The van der Waals surface area contributed by atoms with Crippen molar-refractivity contribution in [3.8, 4) is 5.75 Å². The minimum absolute atomic E-state index is 0.0561. The Labute approximate surface area is 128 Å². The second-order valence-corrected chi connectivity index (χ2v) is 5.12. The molecule has 0 aliphatic rings. The molecule has 110 valence electrons. The first-order valence-electron chi connectivity index (χ1n) is 6.54. The van der Waals surface area contributed by atoms with Crippen molar-refractivity contribution in [1.82, 2.24) is 0 Å². The first kappa shape index (κ1) is 15.3. The smallest absolute Gasteiger partial charge is 0.311 e. The van der Waals surface area contributed by atoms with E-state index in [-0.39, 0.29) is 17.3 Å². The molecule has 0 heterocycles. The van der Waals surface area contributed by atoms with Gasteiger partial charge in [-0.3, -0.25) is 10.1 Å². The first-order chi connectivity index (χ1) is 10.0. The van der Waals surface area contributed by atoms with Crippen molar-refractivity contribution in [2.75, 3.05) is 0 Å². The third-order valence-corrected chi connectivity index (χ3v) is 3.70. The van der Waals surface area contributed by atoms with Crippen LogP contribution in [-0.4, -0.2) is 4.92 Å². The standard InChI is InChI=1S/C16H16ClNO3/c1-11-4-3-5-12(2)14(11)10-21-16-7-6-13(9-17)8-15(16)18(19)20/h3-8H,9-10H2,1-2H3. The Hall–Kier alpha value is -2.07. The monoisotopic (exact) mass is 305 g/mol. The van der Waals surface area contributed by atoms with Crippen LogP contribution in [0.4, 0.5) is 5.69 Å². The number of nitro groups is 1. The maximum absolute atomic E-state index is 11.1. The van der Waals surface area contributed by atoms with E-state index < -0.39 is 4.92 Å². The van der Waals surface area contributed by atoms with Gasteiger partial charge in [0, 0.05) is 11.9 Å². The summed E-state index contributed by atoms with van der Waals surface area (Å²) in [5, 5.41) is 11.1. The van der Waals surface area contributed by atoms with Crippen LogP contribution in [-0.2, 0) is 12.5 Å². The molecule has 0 saturated heterocycles. The summed E-state index contributed by atoms with van der Waals surface area (Å²) >= 11 is 5.71. The Morgan fingerprint density at radius 3 is 2.43 bits per heavy atom. The number of nitro benzene ring substituents is 1. The van der Waals surface area contributed by atoms with Gasteiger partial charge in [-0.1, -0.05) is 24.3 Å². The van der Waals surface area contributed by atoms with Crippen LogP contribution in [0.5, 0.6) is 5.75 Å². The molecule has 0 bridgehead atoms. The van der Waals surface area contributed by atoms with Crippen molar-refractivity contribution < 1.29 is 9.66 Å². The van der Waals surface area contributed by atoms with Gasteiger partial charge in [-0.05, 0) is 42.2 Å². The molecule has 4 nitrogen and oxygen atoms in total. The number of hydrogen-bond donors (Lipinski definition) is 0. The highest BCUT2D eigenvalue weighted by Gasteiger charge is 2.16. The van der Waals surface area contributed by atoms with Gasteiger partial charge in [0.1, 0.15) is 6.61 Å². The molecule has 2 aromatic rings. The summed E-state index contributed by atoms with van der Waals surface area (Å²) in [4.78, 5) is 10.7. The Balaban J connectivity index is 2.26. The topological polar surface area (TPSA) is 52.4 Å². The summed E-state index contributed by atoms with van der Waals surface area (Å²) in [6.07, 6.45) is 0. The Morgan fingerprint density at radius 2 is 1.86 bits per heavy atom. The Morgan fingerprint density at radius 1 is 1.19 bits per heavy atom. The number of alkyl halides is 1. The molecule has 0 unspecified atom stereocenters. The van der Waals surface area contributed by atoms with Crippen molar-refractivity contribution in [3.63, 3.8) is 0 Å². The fourth-order valence-corrected chi connectivity index (χ4v) is 2.30. The fourth-order valence-electron chi connectivity index (χ4n) is 2.14. The van der Waals surface area contributed by atoms with E-state index in [0.717, 1.165) is 16.7 Å². The van der Waals surface area contributed by atoms with Crippen molar-refractivity contribution in [3.05, 3.63) is 68.8 Å². The summed E-state index contributed by atoms with van der Waals surface area (Å²) in [7, 11) is 0. The van der Waals surface area contributed by atoms with E-state index in [1.165, 1.54) is 6.07 Å². The molecule has 0 atom stereocenters. The summed E-state index contributed by atoms with van der Waals surface area (Å²) in [6, 6.07) is 10.8. The average molecular weight is 306 g/mol. The van der Waals surface area contributed by atoms with E-state index in [4.69, 9.17) is 16.3 Å². The fraction of sp³-hybridized carbons (Fsp3) is 0.250. The molecule has 2 rings (SSSR count). The second kappa shape index (κ2) is 6.59. The Bertz CT molecular complexity index is 650. The molecule has 0 saturated carbocycles. The van der Waals surface area contributed by atoms with Gasteiger partial charge in [-0.25, -0.2) is 0 Å². The van der Waals surface area contributed by atoms with Crippen molar-refractivity contribution >= 4 is 17.3 Å². The van der Waals surface area contributed by atoms with E-state index >= 15 is 0 Å². The summed E-state index contributed by atoms with van der Waals surface area (Å²) in [5.41, 5.74) is 3.90. The van der Waals surface area contributed by atoms with E-state index in [1.807, 2.05) is 32.0 Å². The molecule has 0 fully saturated rings. The number of hydrogen-bond acceptors (Lipinski definition) is 3. The maximum atomic E-state index is 11.1. The molecule has 2 aromatic carbocycles. The highest BCUT2D eigenvalue weighted by Crippen LogP contribution is 2.29. The largest absolute Gasteiger partial charge is 0.482 e. The second-order valence-electron chi connectivity index (χ2n) is 4.85. The molecule has 0 N–H and O–H groups in total. The summed E-state index contributed by atoms with van der Waals surface area (Å²) < 4.78 is 5.66. The number of halogens is 1. The molecule has 0 aliphatic heterocycles. The van der Waals surface area contributed by atoms with Crippen LogP contribution in [0.3, 0.4) is 0 Å². The number of aryl methyl sites for hydroxylation is 2. The van der Waals surface area contributed by atoms with E-state index in [0.29, 0.717) is 12.2 Å². The van der Waals surface area contributed by atoms with Gasteiger partial charge >= 0.3 is 5.69 Å². The Kier molecular flexibility index (Phi) is 4.81. The van der Waals surface area contributed by atoms with Crippen LogP contribution in [0, 0.1) is 24.0 Å². The zero-order valence-corrected chi connectivity index (χ0v) is 12.7. The van der Waals surface area contributed by atoms with Gasteiger partial charge in [0.05, 0.1) is 4.92 Å². The minimum atomic E-state index is -0.448. The molecular weight excluding hydrogens is 290 g/mol. The molecule has 21 heavy (non-hydrogen) atoms. The van der Waals surface area contributed by atoms with E-state index in [9.17, 15) is 10.1 Å². The number of rotatable bonds is 5. The maximum Gasteiger partial charge on any atom is 0.311 e. The third-order valence-electron chi connectivity index (χ3n) is 3.39. The predicted octanol–water partition coefficient (Wildman–Crippen LogP) is 4.53. The third kappa shape index (κ3) is 3.52. The average Bonchev–Trinajstić information content (AvgIpc) is 2.46. The lowest BCUT2D eigenvalue weighted by Gasteiger charge is -2.12. The molecule has 0 aromatic heterocycles. The van der Waals surface area contributed by atoms with Crippen LogP contribution in [0.1, 0.15) is 22.3 Å². The number of nitrogens with zero attached hydrogens (tertiary/aromatic N) is 1. The van der Waals surface area contributed by atoms with E-state index in [2.05, 4.69) is 0 Å². The molecule has 0 radical (unpaired) electrons. The predicted molar refractivity (Wildman–Crippen MR) is 82.9 cm³/mol. The SMILES string of the molecule is Cc1cccc(C)c1COc1ccc(CCl)cc1[N+](=O)[O-]. The lowest BCUT2D eigenvalue weighted by atomic mass is 10.0. The minimum Gasteiger partial charge on any atom is -0.482 e. The molecular formula is C16H16ClNO3. The van der Waals surface area contributed by atoms with Gasteiger partial charge in [0.25, 0.3) is 0 Å². The van der Waals surface area contributed by atoms with Crippen LogP contribution >= 0.6 is 11.6 Å². The van der Waals surface area contributed by atoms with Crippen LogP contribution in [0.2, 0.25) is 0 Å². The highest BCUT2D eigenvalue weighted by molar-refractivity contribution is 6.17. The quantitative estimate of drug-likeness (QED) is 0.463. The molecule has 5 heteroatoms. The lowest BCUT2D eigenvalue weighted by molar-refractivity contribution is -0.386. The zero-order chi connectivity index (χ0) is 15.4. The van der Waals surface area contributed by atoms with Crippen molar-refractivity contribution in [2.45, 2.75) is 26.3 Å². The van der Waals surface area contributed by atoms with Crippen LogP contribution in [0.25, 0.3) is 0 Å². The molecule has 0 aliphatic carbocycles. The van der Waals surface area contributed by atoms with Crippen LogP contribution < -0.4 is 4.74 Å². The molecule has 0 amide bonds. The van der Waals surface area contributed by atoms with Gasteiger partial charge in [-0.2, -0.15) is 0 Å². The highest BCUT2D eigenvalue weighted by atomic mass is 35.5. The number of ether oxygens (including phenoxy) is 1. The normalized spacial score (nSPS) is 10.4. The van der Waals surface area contributed by atoms with Gasteiger partial charge in [0.15, 0.2) is 5.75 Å². The lowest BCUT2D eigenvalue weighted by Crippen LogP contribution is -2.03. The van der Waals surface area contributed by atoms with Gasteiger partial charge in [0.2, 0.25) is 0 Å².